The highest BCUT2D eigenvalue weighted by molar-refractivity contribution is 6.22. The van der Waals surface area contributed by atoms with Crippen molar-refractivity contribution in [3.05, 3.63) is 47.5 Å². The number of carbonyl (C=O) groups excluding carboxylic acids is 1. The van der Waals surface area contributed by atoms with Gasteiger partial charge >= 0.3 is 0 Å². The van der Waals surface area contributed by atoms with E-state index in [0.29, 0.717) is 13.2 Å². The van der Waals surface area contributed by atoms with Crippen LogP contribution in [-0.2, 0) is 9.47 Å². The first-order chi connectivity index (χ1) is 17.8. The van der Waals surface area contributed by atoms with E-state index in [1.54, 1.807) is 0 Å². The number of ether oxygens (including phenoxy) is 4. The van der Waals surface area contributed by atoms with Gasteiger partial charge in [0.05, 0.1) is 39.6 Å². The van der Waals surface area contributed by atoms with Crippen LogP contribution in [0.1, 0.15) is 41.6 Å². The third-order valence-corrected chi connectivity index (χ3v) is 7.25. The fourth-order valence-corrected chi connectivity index (χ4v) is 5.18. The standard InChI is InChI=1S/C29H38N2O5/c32-29-24-9-8-23(35-16-3-1-10-30-12-18-33-19-13-30)22-26(24)28-25(29)6-5-7-27(28)36-17-4-2-11-31-14-20-34-21-15-31/h5-9,22H,1-4,10-21H2. The second-order valence-corrected chi connectivity index (χ2v) is 9.73. The maximum absolute atomic E-state index is 13.0. The maximum Gasteiger partial charge on any atom is 0.194 e. The quantitative estimate of drug-likeness (QED) is 0.354. The van der Waals surface area contributed by atoms with Gasteiger partial charge in [0, 0.05) is 48.4 Å². The predicted molar refractivity (Wildman–Crippen MR) is 139 cm³/mol. The molecule has 0 spiro atoms. The summed E-state index contributed by atoms with van der Waals surface area (Å²) in [6.07, 6.45) is 4.18. The van der Waals surface area contributed by atoms with Gasteiger partial charge in [-0.05, 0) is 63.0 Å². The summed E-state index contributed by atoms with van der Waals surface area (Å²) in [5.74, 6) is 1.66. The molecule has 0 amide bonds. The first-order valence-corrected chi connectivity index (χ1v) is 13.5. The fourth-order valence-electron chi connectivity index (χ4n) is 5.18. The zero-order valence-electron chi connectivity index (χ0n) is 21.2. The summed E-state index contributed by atoms with van der Waals surface area (Å²) in [6.45, 7) is 10.9. The van der Waals surface area contributed by atoms with E-state index >= 15 is 0 Å². The second-order valence-electron chi connectivity index (χ2n) is 9.73. The number of rotatable bonds is 12. The van der Waals surface area contributed by atoms with Crippen LogP contribution in [0.2, 0.25) is 0 Å². The highest BCUT2D eigenvalue weighted by Crippen LogP contribution is 2.44. The van der Waals surface area contributed by atoms with Gasteiger partial charge in [0.15, 0.2) is 5.78 Å². The summed E-state index contributed by atoms with van der Waals surface area (Å²) >= 11 is 0. The van der Waals surface area contributed by atoms with Crippen molar-refractivity contribution in [2.75, 3.05) is 78.9 Å². The van der Waals surface area contributed by atoms with Crippen molar-refractivity contribution < 1.29 is 23.7 Å². The monoisotopic (exact) mass is 494 g/mol. The number of benzene rings is 2. The molecule has 0 saturated carbocycles. The summed E-state index contributed by atoms with van der Waals surface area (Å²) < 4.78 is 23.1. The van der Waals surface area contributed by atoms with Crippen molar-refractivity contribution in [1.29, 1.82) is 0 Å². The van der Waals surface area contributed by atoms with Gasteiger partial charge in [-0.25, -0.2) is 0 Å². The van der Waals surface area contributed by atoms with Crippen LogP contribution in [0.3, 0.4) is 0 Å². The normalized spacial score (nSPS) is 18.2. The Balaban J connectivity index is 1.14. The Kier molecular flexibility index (Phi) is 8.88. The molecule has 2 heterocycles. The van der Waals surface area contributed by atoms with Crippen molar-refractivity contribution in [3.8, 4) is 22.6 Å². The Labute approximate surface area is 214 Å². The van der Waals surface area contributed by atoms with E-state index in [1.165, 1.54) is 0 Å². The summed E-state index contributed by atoms with van der Waals surface area (Å²) in [7, 11) is 0. The Hall–Kier alpha value is -2.45. The summed E-state index contributed by atoms with van der Waals surface area (Å²) in [6, 6.07) is 11.6. The number of nitrogens with zero attached hydrogens (tertiary/aromatic N) is 2. The van der Waals surface area contributed by atoms with E-state index in [-0.39, 0.29) is 5.78 Å². The number of hydrogen-bond acceptors (Lipinski definition) is 7. The van der Waals surface area contributed by atoms with Crippen LogP contribution in [-0.4, -0.2) is 94.5 Å². The first kappa shape index (κ1) is 25.2. The zero-order chi connectivity index (χ0) is 24.6. The average molecular weight is 495 g/mol. The van der Waals surface area contributed by atoms with Gasteiger partial charge in [0.25, 0.3) is 0 Å². The van der Waals surface area contributed by atoms with Crippen molar-refractivity contribution in [2.45, 2.75) is 25.7 Å². The number of fused-ring (bicyclic) bond motifs is 3. The number of unbranched alkanes of at least 4 members (excludes halogenated alkanes) is 2. The molecule has 0 unspecified atom stereocenters. The molecule has 2 aromatic carbocycles. The van der Waals surface area contributed by atoms with Crippen molar-refractivity contribution in [2.24, 2.45) is 0 Å². The van der Waals surface area contributed by atoms with E-state index in [1.807, 2.05) is 36.4 Å². The third-order valence-electron chi connectivity index (χ3n) is 7.25. The van der Waals surface area contributed by atoms with Crippen molar-refractivity contribution in [3.63, 3.8) is 0 Å². The van der Waals surface area contributed by atoms with Gasteiger partial charge in [-0.2, -0.15) is 0 Å². The van der Waals surface area contributed by atoms with Gasteiger partial charge in [-0.1, -0.05) is 12.1 Å². The Morgan fingerprint density at radius 3 is 2.00 bits per heavy atom. The third kappa shape index (κ3) is 6.27. The molecule has 0 aromatic heterocycles. The smallest absolute Gasteiger partial charge is 0.194 e. The van der Waals surface area contributed by atoms with Gasteiger partial charge in [0.2, 0.25) is 0 Å². The summed E-state index contributed by atoms with van der Waals surface area (Å²) in [4.78, 5) is 17.9. The molecule has 2 fully saturated rings. The minimum atomic E-state index is 0.0647. The number of hydrogen-bond donors (Lipinski definition) is 0. The minimum absolute atomic E-state index is 0.0647. The maximum atomic E-state index is 13.0. The Bertz CT molecular complexity index is 1010. The first-order valence-electron chi connectivity index (χ1n) is 13.5. The van der Waals surface area contributed by atoms with Crippen LogP contribution in [0.15, 0.2) is 36.4 Å². The van der Waals surface area contributed by atoms with Gasteiger partial charge in [-0.15, -0.1) is 0 Å². The SMILES string of the molecule is O=C1c2ccc(OCCCCN3CCOCC3)cc2-c2c(OCCCCN3CCOCC3)cccc21. The molecule has 0 atom stereocenters. The highest BCUT2D eigenvalue weighted by atomic mass is 16.5. The fraction of sp³-hybridized carbons (Fsp3) is 0.552. The van der Waals surface area contributed by atoms with Crippen molar-refractivity contribution >= 4 is 5.78 Å². The Morgan fingerprint density at radius 2 is 1.33 bits per heavy atom. The molecule has 1 aliphatic carbocycles. The lowest BCUT2D eigenvalue weighted by Crippen LogP contribution is -2.36. The van der Waals surface area contributed by atoms with Gasteiger partial charge < -0.3 is 18.9 Å². The molecular weight excluding hydrogens is 456 g/mol. The lowest BCUT2D eigenvalue weighted by atomic mass is 10.0. The number of ketones is 1. The molecule has 0 N–H and O–H groups in total. The van der Waals surface area contributed by atoms with E-state index in [0.717, 1.165) is 125 Å². The molecular formula is C29H38N2O5. The molecule has 36 heavy (non-hydrogen) atoms. The van der Waals surface area contributed by atoms with Crippen LogP contribution in [0, 0.1) is 0 Å². The van der Waals surface area contributed by atoms with Crippen LogP contribution in [0.25, 0.3) is 11.1 Å². The molecule has 7 nitrogen and oxygen atoms in total. The predicted octanol–water partition coefficient (Wildman–Crippen LogP) is 3.88. The lowest BCUT2D eigenvalue weighted by molar-refractivity contribution is 0.0367. The van der Waals surface area contributed by atoms with E-state index < -0.39 is 0 Å². The molecule has 0 bridgehead atoms. The second kappa shape index (κ2) is 12.7. The van der Waals surface area contributed by atoms with E-state index in [4.69, 9.17) is 18.9 Å². The Morgan fingerprint density at radius 1 is 0.694 bits per heavy atom. The molecule has 194 valence electrons. The zero-order valence-corrected chi connectivity index (χ0v) is 21.2. The molecule has 5 rings (SSSR count). The van der Waals surface area contributed by atoms with E-state index in [9.17, 15) is 4.79 Å². The largest absolute Gasteiger partial charge is 0.494 e. The van der Waals surface area contributed by atoms with Crippen molar-refractivity contribution in [1.82, 2.24) is 9.80 Å². The summed E-state index contributed by atoms with van der Waals surface area (Å²) in [5.41, 5.74) is 3.28. The number of morpholine rings is 2. The lowest BCUT2D eigenvalue weighted by Gasteiger charge is -2.26. The molecule has 0 radical (unpaired) electrons. The number of carbonyl (C=O) groups is 1. The van der Waals surface area contributed by atoms with Gasteiger partial charge in [-0.3, -0.25) is 14.6 Å². The van der Waals surface area contributed by atoms with Crippen LogP contribution >= 0.6 is 0 Å². The van der Waals surface area contributed by atoms with Crippen LogP contribution < -0.4 is 9.47 Å². The van der Waals surface area contributed by atoms with Crippen LogP contribution in [0.4, 0.5) is 0 Å². The van der Waals surface area contributed by atoms with Gasteiger partial charge in [0.1, 0.15) is 11.5 Å². The van der Waals surface area contributed by atoms with Crippen LogP contribution in [0.5, 0.6) is 11.5 Å². The summed E-state index contributed by atoms with van der Waals surface area (Å²) in [5, 5.41) is 0. The molecule has 7 heteroatoms. The minimum Gasteiger partial charge on any atom is -0.494 e. The topological polar surface area (TPSA) is 60.5 Å². The molecule has 3 aliphatic rings. The molecule has 2 saturated heterocycles. The molecule has 2 aromatic rings. The average Bonchev–Trinajstić information content (AvgIpc) is 3.21. The van der Waals surface area contributed by atoms with E-state index in [2.05, 4.69) is 9.80 Å². The molecule has 2 aliphatic heterocycles. The highest BCUT2D eigenvalue weighted by Gasteiger charge is 2.30.